The van der Waals surface area contributed by atoms with Crippen LogP contribution in [0.1, 0.15) is 26.2 Å². The number of hydrogen-bond acceptors (Lipinski definition) is 3. The van der Waals surface area contributed by atoms with E-state index < -0.39 is 0 Å². The van der Waals surface area contributed by atoms with Crippen molar-refractivity contribution in [3.8, 4) is 0 Å². The predicted molar refractivity (Wildman–Crippen MR) is 64.2 cm³/mol. The van der Waals surface area contributed by atoms with Crippen molar-refractivity contribution in [2.75, 3.05) is 33.7 Å². The monoisotopic (exact) mass is 211 g/mol. The third-order valence-corrected chi connectivity index (χ3v) is 3.83. The van der Waals surface area contributed by atoms with Crippen molar-refractivity contribution in [2.24, 2.45) is 0 Å². The summed E-state index contributed by atoms with van der Waals surface area (Å²) >= 11 is 0. The molecule has 2 atom stereocenters. The van der Waals surface area contributed by atoms with Crippen LogP contribution in [0.25, 0.3) is 0 Å². The van der Waals surface area contributed by atoms with Crippen molar-refractivity contribution in [3.63, 3.8) is 0 Å². The lowest BCUT2D eigenvalue weighted by Crippen LogP contribution is -2.41. The molecule has 0 aromatic heterocycles. The van der Waals surface area contributed by atoms with Gasteiger partial charge in [-0.2, -0.15) is 0 Å². The van der Waals surface area contributed by atoms with E-state index in [0.29, 0.717) is 6.04 Å². The van der Waals surface area contributed by atoms with E-state index in [4.69, 9.17) is 0 Å². The van der Waals surface area contributed by atoms with Crippen LogP contribution in [0.3, 0.4) is 0 Å². The molecule has 0 bridgehead atoms. The Hall–Kier alpha value is -0.120. The Bertz CT molecular complexity index is 201. The van der Waals surface area contributed by atoms with Crippen LogP contribution in [0.15, 0.2) is 0 Å². The zero-order valence-electron chi connectivity index (χ0n) is 10.4. The summed E-state index contributed by atoms with van der Waals surface area (Å²) in [5, 5.41) is 3.62. The van der Waals surface area contributed by atoms with E-state index in [1.807, 2.05) is 0 Å². The lowest BCUT2D eigenvalue weighted by Gasteiger charge is -2.26. The van der Waals surface area contributed by atoms with Gasteiger partial charge in [-0.3, -0.25) is 4.90 Å². The smallest absolute Gasteiger partial charge is 0.0229 e. The molecule has 0 aromatic rings. The highest BCUT2D eigenvalue weighted by Gasteiger charge is 2.28. The Balaban J connectivity index is 1.69. The molecule has 3 nitrogen and oxygen atoms in total. The highest BCUT2D eigenvalue weighted by molar-refractivity contribution is 4.87. The van der Waals surface area contributed by atoms with Crippen LogP contribution >= 0.6 is 0 Å². The molecule has 0 spiro atoms. The molecule has 1 aliphatic carbocycles. The van der Waals surface area contributed by atoms with Crippen molar-refractivity contribution in [2.45, 2.75) is 44.3 Å². The van der Waals surface area contributed by atoms with Crippen molar-refractivity contribution < 1.29 is 0 Å². The van der Waals surface area contributed by atoms with Gasteiger partial charge in [0.25, 0.3) is 0 Å². The minimum absolute atomic E-state index is 0.704. The average molecular weight is 211 g/mol. The quantitative estimate of drug-likeness (QED) is 0.724. The van der Waals surface area contributed by atoms with Crippen molar-refractivity contribution in [1.82, 2.24) is 15.1 Å². The Morgan fingerprint density at radius 3 is 2.60 bits per heavy atom. The minimum atomic E-state index is 0.704. The van der Waals surface area contributed by atoms with Crippen LogP contribution in [0, 0.1) is 0 Å². The van der Waals surface area contributed by atoms with Crippen LogP contribution in [-0.2, 0) is 0 Å². The molecule has 1 heterocycles. The topological polar surface area (TPSA) is 18.5 Å². The summed E-state index contributed by atoms with van der Waals surface area (Å²) in [4.78, 5) is 4.99. The summed E-state index contributed by atoms with van der Waals surface area (Å²) in [6, 6.07) is 2.32. The maximum absolute atomic E-state index is 3.62. The fourth-order valence-corrected chi connectivity index (χ4v) is 2.34. The first-order valence-corrected chi connectivity index (χ1v) is 6.30. The van der Waals surface area contributed by atoms with E-state index in [2.05, 4.69) is 36.1 Å². The summed E-state index contributed by atoms with van der Waals surface area (Å²) in [5.41, 5.74) is 0. The summed E-state index contributed by atoms with van der Waals surface area (Å²) in [6.07, 6.45) is 4.13. The molecule has 0 aromatic carbocycles. The molecular formula is C12H25N3. The highest BCUT2D eigenvalue weighted by Crippen LogP contribution is 2.20. The fraction of sp³-hybridized carbons (Fsp3) is 1.00. The van der Waals surface area contributed by atoms with Gasteiger partial charge in [-0.25, -0.2) is 0 Å². The number of nitrogens with one attached hydrogen (secondary N) is 1. The largest absolute Gasteiger partial charge is 0.312 e. The van der Waals surface area contributed by atoms with E-state index in [9.17, 15) is 0 Å². The normalized spacial score (nSPS) is 30.0. The van der Waals surface area contributed by atoms with E-state index in [0.717, 1.165) is 12.1 Å². The number of nitrogens with zero attached hydrogens (tertiary/aromatic N) is 2. The van der Waals surface area contributed by atoms with Crippen molar-refractivity contribution in [3.05, 3.63) is 0 Å². The number of likely N-dealkylation sites (N-methyl/N-ethyl adjacent to an activating group) is 1. The van der Waals surface area contributed by atoms with Gasteiger partial charge in [0.05, 0.1) is 0 Å². The molecule has 2 rings (SSSR count). The van der Waals surface area contributed by atoms with Gasteiger partial charge in [0.2, 0.25) is 0 Å². The molecule has 0 amide bonds. The number of rotatable bonds is 5. The molecule has 2 unspecified atom stereocenters. The molecule has 2 aliphatic rings. The molecule has 1 N–H and O–H groups in total. The van der Waals surface area contributed by atoms with Gasteiger partial charge in [0.1, 0.15) is 0 Å². The summed E-state index contributed by atoms with van der Waals surface area (Å²) < 4.78 is 0. The van der Waals surface area contributed by atoms with Gasteiger partial charge in [-0.1, -0.05) is 0 Å². The third-order valence-electron chi connectivity index (χ3n) is 3.83. The maximum Gasteiger partial charge on any atom is 0.0229 e. The summed E-state index contributed by atoms with van der Waals surface area (Å²) in [7, 11) is 4.39. The first-order valence-electron chi connectivity index (χ1n) is 6.30. The first kappa shape index (κ1) is 11.4. The van der Waals surface area contributed by atoms with Gasteiger partial charge >= 0.3 is 0 Å². The third kappa shape index (κ3) is 3.16. The van der Waals surface area contributed by atoms with Crippen LogP contribution < -0.4 is 5.32 Å². The Morgan fingerprint density at radius 2 is 2.07 bits per heavy atom. The Kier molecular flexibility index (Phi) is 3.65. The second kappa shape index (κ2) is 4.81. The van der Waals surface area contributed by atoms with E-state index in [1.165, 1.54) is 38.9 Å². The lowest BCUT2D eigenvalue weighted by molar-refractivity contribution is 0.222. The number of hydrogen-bond donors (Lipinski definition) is 1. The standard InChI is InChI=1S/C12H25N3/c1-10(8-13-11-4-5-11)15-7-6-12(9-15)14(2)3/h10-13H,4-9H2,1-3H3. The Labute approximate surface area is 93.8 Å². The van der Waals surface area contributed by atoms with Crippen LogP contribution in [0.4, 0.5) is 0 Å². The molecule has 1 saturated carbocycles. The zero-order valence-corrected chi connectivity index (χ0v) is 10.4. The van der Waals surface area contributed by atoms with Crippen LogP contribution in [0.2, 0.25) is 0 Å². The fourth-order valence-electron chi connectivity index (χ4n) is 2.34. The lowest BCUT2D eigenvalue weighted by atomic mass is 10.2. The van der Waals surface area contributed by atoms with Crippen LogP contribution in [-0.4, -0.2) is 61.7 Å². The SMILES string of the molecule is CC(CNC1CC1)N1CCC(N(C)C)C1. The van der Waals surface area contributed by atoms with E-state index in [-0.39, 0.29) is 0 Å². The second-order valence-corrected chi connectivity index (χ2v) is 5.43. The van der Waals surface area contributed by atoms with Crippen molar-refractivity contribution in [1.29, 1.82) is 0 Å². The van der Waals surface area contributed by atoms with E-state index >= 15 is 0 Å². The molecule has 88 valence electrons. The molecule has 1 aliphatic heterocycles. The number of likely N-dealkylation sites (tertiary alicyclic amines) is 1. The zero-order chi connectivity index (χ0) is 10.8. The van der Waals surface area contributed by atoms with Gasteiger partial charge in [0.15, 0.2) is 0 Å². The van der Waals surface area contributed by atoms with Gasteiger partial charge in [0, 0.05) is 37.8 Å². The van der Waals surface area contributed by atoms with E-state index in [1.54, 1.807) is 0 Å². The van der Waals surface area contributed by atoms with Gasteiger partial charge < -0.3 is 10.2 Å². The first-order chi connectivity index (χ1) is 7.16. The van der Waals surface area contributed by atoms with Crippen LogP contribution in [0.5, 0.6) is 0 Å². The van der Waals surface area contributed by atoms with Gasteiger partial charge in [-0.15, -0.1) is 0 Å². The molecule has 2 fully saturated rings. The average Bonchev–Trinajstić information content (AvgIpc) is 2.88. The Morgan fingerprint density at radius 1 is 1.33 bits per heavy atom. The highest BCUT2D eigenvalue weighted by atomic mass is 15.3. The predicted octanol–water partition coefficient (Wildman–Crippen LogP) is 0.763. The minimum Gasteiger partial charge on any atom is -0.312 e. The summed E-state index contributed by atoms with van der Waals surface area (Å²) in [6.45, 7) is 6.05. The maximum atomic E-state index is 3.62. The van der Waals surface area contributed by atoms with Crippen molar-refractivity contribution >= 4 is 0 Å². The summed E-state index contributed by atoms with van der Waals surface area (Å²) in [5.74, 6) is 0. The molecule has 3 heteroatoms. The molecule has 0 radical (unpaired) electrons. The van der Waals surface area contributed by atoms with Gasteiger partial charge in [-0.05, 0) is 40.3 Å². The second-order valence-electron chi connectivity index (χ2n) is 5.43. The molecule has 15 heavy (non-hydrogen) atoms. The molecular weight excluding hydrogens is 186 g/mol. The molecule has 1 saturated heterocycles.